The average molecular weight is 318 g/mol. The topological polar surface area (TPSA) is 92.3 Å². The van der Waals surface area contributed by atoms with Gasteiger partial charge in [0.1, 0.15) is 17.7 Å². The Morgan fingerprint density at radius 2 is 2.00 bits per heavy atom. The van der Waals surface area contributed by atoms with Crippen molar-refractivity contribution < 1.29 is 26.8 Å². The summed E-state index contributed by atoms with van der Waals surface area (Å²) in [6, 6.07) is 1.47. The molecule has 1 fully saturated rings. The minimum Gasteiger partial charge on any atom is -0.295 e. The number of imide groups is 1. The van der Waals surface area contributed by atoms with Crippen molar-refractivity contribution in [2.24, 2.45) is 0 Å². The predicted octanol–water partition coefficient (Wildman–Crippen LogP) is 0.189. The van der Waals surface area contributed by atoms with E-state index >= 15 is 0 Å². The molecule has 0 radical (unpaired) electrons. The first-order chi connectivity index (χ1) is 9.77. The molecule has 0 saturated carbocycles. The third-order valence-electron chi connectivity index (χ3n) is 2.92. The molecule has 2 N–H and O–H groups in total. The zero-order valence-electron chi connectivity index (χ0n) is 10.7. The van der Waals surface area contributed by atoms with E-state index in [2.05, 4.69) is 4.72 Å². The molecule has 1 saturated heterocycles. The first-order valence-corrected chi connectivity index (χ1v) is 7.70. The summed E-state index contributed by atoms with van der Waals surface area (Å²) in [5.74, 6) is -3.73. The van der Waals surface area contributed by atoms with Crippen LogP contribution in [-0.2, 0) is 25.4 Å². The van der Waals surface area contributed by atoms with Crippen molar-refractivity contribution in [2.45, 2.75) is 24.6 Å². The number of halogens is 2. The summed E-state index contributed by atoms with van der Waals surface area (Å²) in [6.45, 7) is 0. The molecule has 21 heavy (non-hydrogen) atoms. The molecular weight excluding hydrogens is 306 g/mol. The fraction of sp³-hybridized carbons (Fsp3) is 0.333. The summed E-state index contributed by atoms with van der Waals surface area (Å²) >= 11 is 0. The van der Waals surface area contributed by atoms with Crippen LogP contribution in [0.15, 0.2) is 18.2 Å². The lowest BCUT2D eigenvalue weighted by Crippen LogP contribution is -2.52. The quantitative estimate of drug-likeness (QED) is 0.775. The molecule has 0 bridgehead atoms. The third-order valence-corrected chi connectivity index (χ3v) is 4.26. The van der Waals surface area contributed by atoms with E-state index in [0.717, 1.165) is 12.1 Å². The van der Waals surface area contributed by atoms with Crippen LogP contribution in [0.3, 0.4) is 0 Å². The van der Waals surface area contributed by atoms with Gasteiger partial charge in [0.2, 0.25) is 21.8 Å². The third kappa shape index (κ3) is 4.05. The number of amides is 2. The van der Waals surface area contributed by atoms with Crippen molar-refractivity contribution in [3.8, 4) is 0 Å². The van der Waals surface area contributed by atoms with E-state index in [0.29, 0.717) is 6.07 Å². The van der Waals surface area contributed by atoms with Crippen molar-refractivity contribution in [2.75, 3.05) is 0 Å². The van der Waals surface area contributed by atoms with E-state index in [4.69, 9.17) is 0 Å². The summed E-state index contributed by atoms with van der Waals surface area (Å²) in [4.78, 5) is 22.4. The largest absolute Gasteiger partial charge is 0.295 e. The van der Waals surface area contributed by atoms with Crippen LogP contribution in [-0.4, -0.2) is 26.3 Å². The SMILES string of the molecule is O=C1CCC(NS(=O)(=O)Cc2ccc(F)cc2F)C(=O)N1. The van der Waals surface area contributed by atoms with E-state index in [1.54, 1.807) is 0 Å². The van der Waals surface area contributed by atoms with Crippen molar-refractivity contribution in [1.29, 1.82) is 0 Å². The van der Waals surface area contributed by atoms with Crippen LogP contribution in [0.25, 0.3) is 0 Å². The highest BCUT2D eigenvalue weighted by atomic mass is 32.2. The number of nitrogens with one attached hydrogen (secondary N) is 2. The van der Waals surface area contributed by atoms with Gasteiger partial charge in [0.05, 0.1) is 5.75 Å². The Labute approximate surface area is 119 Å². The van der Waals surface area contributed by atoms with Crippen LogP contribution >= 0.6 is 0 Å². The van der Waals surface area contributed by atoms with Gasteiger partial charge in [0.25, 0.3) is 0 Å². The molecule has 1 atom stereocenters. The second-order valence-electron chi connectivity index (χ2n) is 4.62. The molecule has 1 aromatic carbocycles. The first kappa shape index (κ1) is 15.5. The molecule has 0 aromatic heterocycles. The van der Waals surface area contributed by atoms with Gasteiger partial charge >= 0.3 is 0 Å². The van der Waals surface area contributed by atoms with E-state index in [-0.39, 0.29) is 18.4 Å². The standard InChI is InChI=1S/C12H12F2N2O4S/c13-8-2-1-7(9(14)5-8)6-21(19,20)16-10-3-4-11(17)15-12(10)18/h1-2,5,10,16H,3-4,6H2,(H,15,17,18). The Hall–Kier alpha value is -1.87. The van der Waals surface area contributed by atoms with Gasteiger partial charge in [0, 0.05) is 18.1 Å². The number of piperidine rings is 1. The van der Waals surface area contributed by atoms with Gasteiger partial charge < -0.3 is 0 Å². The van der Waals surface area contributed by atoms with E-state index in [9.17, 15) is 26.8 Å². The molecule has 2 amide bonds. The maximum atomic E-state index is 13.4. The maximum absolute atomic E-state index is 13.4. The molecule has 0 aliphatic carbocycles. The molecule has 1 aromatic rings. The average Bonchev–Trinajstić information content (AvgIpc) is 2.36. The summed E-state index contributed by atoms with van der Waals surface area (Å²) in [6.07, 6.45) is 0.0552. The highest BCUT2D eigenvalue weighted by Crippen LogP contribution is 2.14. The molecule has 2 rings (SSSR count). The van der Waals surface area contributed by atoms with Gasteiger partial charge in [-0.05, 0) is 12.5 Å². The van der Waals surface area contributed by atoms with Crippen molar-refractivity contribution in [1.82, 2.24) is 10.0 Å². The highest BCUT2D eigenvalue weighted by molar-refractivity contribution is 7.88. The van der Waals surface area contributed by atoms with Gasteiger partial charge in [-0.15, -0.1) is 0 Å². The van der Waals surface area contributed by atoms with E-state index < -0.39 is 45.3 Å². The molecule has 9 heteroatoms. The summed E-state index contributed by atoms with van der Waals surface area (Å²) < 4.78 is 52.1. The number of carbonyl (C=O) groups is 2. The van der Waals surface area contributed by atoms with Crippen LogP contribution in [0.4, 0.5) is 8.78 Å². The Morgan fingerprint density at radius 1 is 1.29 bits per heavy atom. The van der Waals surface area contributed by atoms with Crippen LogP contribution in [0, 0.1) is 11.6 Å². The summed E-state index contributed by atoms with van der Waals surface area (Å²) in [5.41, 5.74) is -0.212. The van der Waals surface area contributed by atoms with Gasteiger partial charge in [-0.3, -0.25) is 14.9 Å². The number of rotatable bonds is 4. The number of sulfonamides is 1. The molecular formula is C12H12F2N2O4S. The van der Waals surface area contributed by atoms with Gasteiger partial charge in [-0.25, -0.2) is 21.9 Å². The lowest BCUT2D eigenvalue weighted by atomic mass is 10.1. The normalized spacial score (nSPS) is 19.4. The second kappa shape index (κ2) is 5.86. The van der Waals surface area contributed by atoms with Crippen molar-refractivity contribution in [3.05, 3.63) is 35.4 Å². The lowest BCUT2D eigenvalue weighted by Gasteiger charge is -2.21. The van der Waals surface area contributed by atoms with Crippen molar-refractivity contribution >= 4 is 21.8 Å². The molecule has 1 aliphatic heterocycles. The second-order valence-corrected chi connectivity index (χ2v) is 6.37. The number of hydrogen-bond acceptors (Lipinski definition) is 4. The Balaban J connectivity index is 2.08. The summed E-state index contributed by atoms with van der Waals surface area (Å²) in [7, 11) is -4.00. The Kier molecular flexibility index (Phi) is 4.33. The zero-order chi connectivity index (χ0) is 15.6. The monoisotopic (exact) mass is 318 g/mol. The molecule has 1 heterocycles. The van der Waals surface area contributed by atoms with Crippen LogP contribution in [0.5, 0.6) is 0 Å². The Bertz CT molecular complexity index is 690. The number of carbonyl (C=O) groups excluding carboxylic acids is 2. The lowest BCUT2D eigenvalue weighted by molar-refractivity contribution is -0.134. The highest BCUT2D eigenvalue weighted by Gasteiger charge is 2.30. The van der Waals surface area contributed by atoms with Crippen LogP contribution < -0.4 is 10.0 Å². The molecule has 6 nitrogen and oxygen atoms in total. The molecule has 1 aliphatic rings. The predicted molar refractivity (Wildman–Crippen MR) is 68.3 cm³/mol. The van der Waals surface area contributed by atoms with Crippen molar-refractivity contribution in [3.63, 3.8) is 0 Å². The maximum Gasteiger partial charge on any atom is 0.244 e. The van der Waals surface area contributed by atoms with Gasteiger partial charge in [-0.2, -0.15) is 0 Å². The summed E-state index contributed by atoms with van der Waals surface area (Å²) in [5, 5.41) is 2.01. The molecule has 0 spiro atoms. The minimum atomic E-state index is -4.00. The van der Waals surface area contributed by atoms with Crippen LogP contribution in [0.2, 0.25) is 0 Å². The van der Waals surface area contributed by atoms with Gasteiger partial charge in [0.15, 0.2) is 0 Å². The van der Waals surface area contributed by atoms with E-state index in [1.165, 1.54) is 0 Å². The minimum absolute atomic E-state index is 0.0177. The molecule has 1 unspecified atom stereocenters. The molecule has 114 valence electrons. The smallest absolute Gasteiger partial charge is 0.244 e. The van der Waals surface area contributed by atoms with E-state index in [1.807, 2.05) is 5.32 Å². The Morgan fingerprint density at radius 3 is 2.62 bits per heavy atom. The first-order valence-electron chi connectivity index (χ1n) is 6.04. The zero-order valence-corrected chi connectivity index (χ0v) is 11.5. The number of hydrogen-bond donors (Lipinski definition) is 2. The fourth-order valence-electron chi connectivity index (χ4n) is 1.91. The number of benzene rings is 1. The van der Waals surface area contributed by atoms with Gasteiger partial charge in [-0.1, -0.05) is 6.07 Å². The van der Waals surface area contributed by atoms with Crippen LogP contribution in [0.1, 0.15) is 18.4 Å². The fourth-order valence-corrected chi connectivity index (χ4v) is 3.29.